The summed E-state index contributed by atoms with van der Waals surface area (Å²) in [6, 6.07) is 15.6. The van der Waals surface area contributed by atoms with Crippen LogP contribution >= 0.6 is 11.6 Å². The second-order valence-corrected chi connectivity index (χ2v) is 6.50. The molecule has 0 aliphatic heterocycles. The number of anilines is 1. The Hall–Kier alpha value is -3.51. The highest BCUT2D eigenvalue weighted by Gasteiger charge is 2.08. The van der Waals surface area contributed by atoms with Gasteiger partial charge in [0.2, 0.25) is 5.91 Å². The molecule has 0 saturated carbocycles. The number of carbonyl (C=O) groups is 2. The summed E-state index contributed by atoms with van der Waals surface area (Å²) in [6.07, 6.45) is 4.51. The van der Waals surface area contributed by atoms with Crippen LogP contribution in [0.3, 0.4) is 0 Å². The van der Waals surface area contributed by atoms with Gasteiger partial charge in [-0.05, 0) is 54.1 Å². The average molecular weight is 411 g/mol. The zero-order valence-corrected chi connectivity index (χ0v) is 16.4. The Kier molecular flexibility index (Phi) is 6.71. The van der Waals surface area contributed by atoms with E-state index in [2.05, 4.69) is 10.6 Å². The molecule has 1 aromatic heterocycles. The van der Waals surface area contributed by atoms with Crippen molar-refractivity contribution in [2.24, 2.45) is 0 Å². The standard InChI is InChI=1S/C22H19ClN2O4/c1-28-19-10-7-17(23)13-16(19)6-11-21(26)24-14-15-4-8-18(9-5-15)25-22(27)20-3-2-12-29-20/h2-13H,14H2,1H3,(H,24,26)(H,25,27). The molecule has 0 radical (unpaired) electrons. The third kappa shape index (κ3) is 5.73. The first kappa shape index (κ1) is 20.2. The molecule has 0 spiro atoms. The maximum absolute atomic E-state index is 12.1. The summed E-state index contributed by atoms with van der Waals surface area (Å²) < 4.78 is 10.3. The van der Waals surface area contributed by atoms with Crippen molar-refractivity contribution in [1.82, 2.24) is 5.32 Å². The monoisotopic (exact) mass is 410 g/mol. The zero-order valence-electron chi connectivity index (χ0n) is 15.6. The van der Waals surface area contributed by atoms with Gasteiger partial charge in [-0.2, -0.15) is 0 Å². The molecule has 0 saturated heterocycles. The van der Waals surface area contributed by atoms with Crippen LogP contribution in [0.15, 0.2) is 71.4 Å². The molecule has 2 N–H and O–H groups in total. The molecular weight excluding hydrogens is 392 g/mol. The second-order valence-electron chi connectivity index (χ2n) is 6.07. The first-order valence-electron chi connectivity index (χ1n) is 8.78. The number of carbonyl (C=O) groups excluding carboxylic acids is 2. The fourth-order valence-electron chi connectivity index (χ4n) is 2.56. The Bertz CT molecular complexity index is 1010. The second kappa shape index (κ2) is 9.61. The number of ether oxygens (including phenoxy) is 1. The number of amides is 2. The van der Waals surface area contributed by atoms with E-state index in [4.69, 9.17) is 20.8 Å². The smallest absolute Gasteiger partial charge is 0.291 e. The molecule has 0 aliphatic carbocycles. The summed E-state index contributed by atoms with van der Waals surface area (Å²) in [5, 5.41) is 6.10. The molecule has 0 atom stereocenters. The normalized spacial score (nSPS) is 10.7. The van der Waals surface area contributed by atoms with Gasteiger partial charge in [0.15, 0.2) is 5.76 Å². The Labute approximate surface area is 173 Å². The molecule has 2 amide bonds. The quantitative estimate of drug-likeness (QED) is 0.561. The third-order valence-electron chi connectivity index (χ3n) is 4.03. The van der Waals surface area contributed by atoms with Crippen molar-refractivity contribution in [2.75, 3.05) is 12.4 Å². The highest BCUT2D eigenvalue weighted by Crippen LogP contribution is 2.23. The van der Waals surface area contributed by atoms with Crippen LogP contribution in [0.4, 0.5) is 5.69 Å². The zero-order chi connectivity index (χ0) is 20.6. The number of methoxy groups -OCH3 is 1. The van der Waals surface area contributed by atoms with Crippen LogP contribution in [0, 0.1) is 0 Å². The van der Waals surface area contributed by atoms with Crippen molar-refractivity contribution < 1.29 is 18.7 Å². The van der Waals surface area contributed by atoms with Crippen molar-refractivity contribution in [3.05, 3.63) is 88.8 Å². The molecule has 0 fully saturated rings. The summed E-state index contributed by atoms with van der Waals surface area (Å²) in [6.45, 7) is 0.349. The predicted molar refractivity (Wildman–Crippen MR) is 112 cm³/mol. The van der Waals surface area contributed by atoms with E-state index in [0.717, 1.165) is 5.56 Å². The van der Waals surface area contributed by atoms with E-state index in [9.17, 15) is 9.59 Å². The molecule has 7 heteroatoms. The minimum atomic E-state index is -0.322. The van der Waals surface area contributed by atoms with E-state index in [1.807, 2.05) is 12.1 Å². The molecule has 148 valence electrons. The van der Waals surface area contributed by atoms with Crippen molar-refractivity contribution in [3.63, 3.8) is 0 Å². The minimum absolute atomic E-state index is 0.240. The Balaban J connectivity index is 1.52. The van der Waals surface area contributed by atoms with E-state index >= 15 is 0 Å². The summed E-state index contributed by atoms with van der Waals surface area (Å²) in [7, 11) is 1.56. The van der Waals surface area contributed by atoms with Crippen molar-refractivity contribution in [3.8, 4) is 5.75 Å². The van der Waals surface area contributed by atoms with Gasteiger partial charge in [0, 0.05) is 28.9 Å². The fraction of sp³-hybridized carbons (Fsp3) is 0.0909. The molecule has 2 aromatic carbocycles. The number of benzene rings is 2. The van der Waals surface area contributed by atoms with Gasteiger partial charge in [-0.3, -0.25) is 9.59 Å². The number of nitrogens with one attached hydrogen (secondary N) is 2. The minimum Gasteiger partial charge on any atom is -0.496 e. The summed E-state index contributed by atoms with van der Waals surface area (Å²) in [5.74, 6) is 0.301. The first-order chi connectivity index (χ1) is 14.0. The van der Waals surface area contributed by atoms with Crippen LogP contribution in [0.25, 0.3) is 6.08 Å². The van der Waals surface area contributed by atoms with Gasteiger partial charge in [0.05, 0.1) is 13.4 Å². The fourth-order valence-corrected chi connectivity index (χ4v) is 2.74. The van der Waals surface area contributed by atoms with Gasteiger partial charge in [0.25, 0.3) is 5.91 Å². The van der Waals surface area contributed by atoms with Crippen LogP contribution in [0.5, 0.6) is 5.75 Å². The Morgan fingerprint density at radius 2 is 1.93 bits per heavy atom. The molecule has 0 unspecified atom stereocenters. The van der Waals surface area contributed by atoms with Crippen LogP contribution in [0.2, 0.25) is 5.02 Å². The lowest BCUT2D eigenvalue weighted by atomic mass is 10.2. The summed E-state index contributed by atoms with van der Waals surface area (Å²) in [5.41, 5.74) is 2.24. The molecule has 0 bridgehead atoms. The van der Waals surface area contributed by atoms with Crippen molar-refractivity contribution in [2.45, 2.75) is 6.54 Å². The van der Waals surface area contributed by atoms with E-state index in [1.54, 1.807) is 55.7 Å². The van der Waals surface area contributed by atoms with Gasteiger partial charge in [-0.1, -0.05) is 23.7 Å². The topological polar surface area (TPSA) is 80.6 Å². The van der Waals surface area contributed by atoms with Gasteiger partial charge in [-0.15, -0.1) is 0 Å². The molecule has 6 nitrogen and oxygen atoms in total. The summed E-state index contributed by atoms with van der Waals surface area (Å²) >= 11 is 5.98. The Morgan fingerprint density at radius 1 is 1.14 bits per heavy atom. The number of furan rings is 1. The molecule has 0 aliphatic rings. The highest BCUT2D eigenvalue weighted by molar-refractivity contribution is 6.30. The molecule has 1 heterocycles. The molecule has 3 aromatic rings. The summed E-state index contributed by atoms with van der Waals surface area (Å²) in [4.78, 5) is 24.0. The SMILES string of the molecule is COc1ccc(Cl)cc1C=CC(=O)NCc1ccc(NC(=O)c2ccco2)cc1. The van der Waals surface area contributed by atoms with E-state index in [-0.39, 0.29) is 17.6 Å². The average Bonchev–Trinajstić information content (AvgIpc) is 3.27. The number of halogens is 1. The highest BCUT2D eigenvalue weighted by atomic mass is 35.5. The lowest BCUT2D eigenvalue weighted by molar-refractivity contribution is -0.116. The van der Waals surface area contributed by atoms with Gasteiger partial charge < -0.3 is 19.8 Å². The van der Waals surface area contributed by atoms with Gasteiger partial charge >= 0.3 is 0 Å². The van der Waals surface area contributed by atoms with Crippen LogP contribution < -0.4 is 15.4 Å². The maximum atomic E-state index is 12.1. The maximum Gasteiger partial charge on any atom is 0.291 e. The van der Waals surface area contributed by atoms with E-state index < -0.39 is 0 Å². The van der Waals surface area contributed by atoms with Crippen molar-refractivity contribution >= 4 is 35.2 Å². The first-order valence-corrected chi connectivity index (χ1v) is 9.16. The van der Waals surface area contributed by atoms with Crippen molar-refractivity contribution in [1.29, 1.82) is 0 Å². The van der Waals surface area contributed by atoms with Crippen LogP contribution in [0.1, 0.15) is 21.7 Å². The van der Waals surface area contributed by atoms with E-state index in [0.29, 0.717) is 28.6 Å². The number of hydrogen-bond donors (Lipinski definition) is 2. The van der Waals surface area contributed by atoms with Gasteiger partial charge in [0.1, 0.15) is 5.75 Å². The van der Waals surface area contributed by atoms with Crippen LogP contribution in [-0.4, -0.2) is 18.9 Å². The third-order valence-corrected chi connectivity index (χ3v) is 4.26. The Morgan fingerprint density at radius 3 is 2.62 bits per heavy atom. The van der Waals surface area contributed by atoms with Gasteiger partial charge in [-0.25, -0.2) is 0 Å². The molecule has 3 rings (SSSR count). The predicted octanol–water partition coefficient (Wildman–Crippen LogP) is 4.52. The lowest BCUT2D eigenvalue weighted by Crippen LogP contribution is -2.20. The van der Waals surface area contributed by atoms with Crippen LogP contribution in [-0.2, 0) is 11.3 Å². The number of hydrogen-bond acceptors (Lipinski definition) is 4. The van der Waals surface area contributed by atoms with E-state index in [1.165, 1.54) is 12.3 Å². The number of rotatable bonds is 7. The lowest BCUT2D eigenvalue weighted by Gasteiger charge is -2.07. The molecule has 29 heavy (non-hydrogen) atoms. The largest absolute Gasteiger partial charge is 0.496 e. The molecular formula is C22H19ClN2O4.